The summed E-state index contributed by atoms with van der Waals surface area (Å²) < 4.78 is 13.1. The van der Waals surface area contributed by atoms with Gasteiger partial charge in [-0.15, -0.1) is 0 Å². The lowest BCUT2D eigenvalue weighted by molar-refractivity contribution is 0.0715. The van der Waals surface area contributed by atoms with E-state index in [-0.39, 0.29) is 17.8 Å². The molecule has 4 rings (SSSR count). The zero-order valence-corrected chi connectivity index (χ0v) is 12.7. The second kappa shape index (κ2) is 5.49. The maximum absolute atomic E-state index is 13.1. The van der Waals surface area contributed by atoms with Crippen molar-refractivity contribution in [3.8, 4) is 0 Å². The molecule has 1 aromatic carbocycles. The molecule has 2 atom stereocenters. The van der Waals surface area contributed by atoms with Crippen LogP contribution in [0.1, 0.15) is 52.8 Å². The second-order valence-corrected chi connectivity index (χ2v) is 6.49. The minimum atomic E-state index is -0.544. The third-order valence-electron chi connectivity index (χ3n) is 4.79. The SMILES string of the molecule is O=C(c1cc[nH]c1C1CC1)N1CC(O)CC1c1ccc(F)cc1. The van der Waals surface area contributed by atoms with Crippen LogP contribution in [0, 0.1) is 5.82 Å². The number of aliphatic hydroxyl groups excluding tert-OH is 1. The zero-order chi connectivity index (χ0) is 16.0. The highest BCUT2D eigenvalue weighted by molar-refractivity contribution is 5.96. The number of hydrogen-bond donors (Lipinski definition) is 2. The summed E-state index contributed by atoms with van der Waals surface area (Å²) in [4.78, 5) is 17.9. The molecule has 5 heteroatoms. The number of aromatic amines is 1. The number of aromatic nitrogens is 1. The minimum absolute atomic E-state index is 0.0565. The third-order valence-corrected chi connectivity index (χ3v) is 4.79. The number of aliphatic hydroxyl groups is 1. The fourth-order valence-corrected chi connectivity index (χ4v) is 3.47. The van der Waals surface area contributed by atoms with Crippen LogP contribution >= 0.6 is 0 Å². The van der Waals surface area contributed by atoms with Gasteiger partial charge in [0.05, 0.1) is 17.7 Å². The molecule has 1 saturated carbocycles. The molecule has 1 aromatic heterocycles. The van der Waals surface area contributed by atoms with Gasteiger partial charge >= 0.3 is 0 Å². The van der Waals surface area contributed by atoms with E-state index in [4.69, 9.17) is 0 Å². The standard InChI is InChI=1S/C18H19FN2O2/c19-13-5-3-11(4-6-13)16-9-14(22)10-21(16)18(23)15-7-8-20-17(15)12-1-2-12/h3-8,12,14,16,20,22H,1-2,9-10H2. The summed E-state index contributed by atoms with van der Waals surface area (Å²) in [6.07, 6.45) is 3.98. The number of nitrogens with one attached hydrogen (secondary N) is 1. The van der Waals surface area contributed by atoms with E-state index in [0.717, 1.165) is 24.1 Å². The van der Waals surface area contributed by atoms with Gasteiger partial charge in [0.15, 0.2) is 0 Å². The van der Waals surface area contributed by atoms with Crippen molar-refractivity contribution >= 4 is 5.91 Å². The van der Waals surface area contributed by atoms with Crippen LogP contribution < -0.4 is 0 Å². The van der Waals surface area contributed by atoms with Crippen molar-refractivity contribution in [3.05, 3.63) is 59.2 Å². The summed E-state index contributed by atoms with van der Waals surface area (Å²) in [7, 11) is 0. The van der Waals surface area contributed by atoms with Crippen LogP contribution in [0.15, 0.2) is 36.5 Å². The summed E-state index contributed by atoms with van der Waals surface area (Å²) in [5.41, 5.74) is 2.57. The number of carbonyl (C=O) groups excluding carboxylic acids is 1. The molecule has 23 heavy (non-hydrogen) atoms. The van der Waals surface area contributed by atoms with Crippen molar-refractivity contribution in [3.63, 3.8) is 0 Å². The van der Waals surface area contributed by atoms with Crippen molar-refractivity contribution in [2.45, 2.75) is 37.3 Å². The van der Waals surface area contributed by atoms with Crippen LogP contribution in [-0.4, -0.2) is 33.5 Å². The normalized spacial score (nSPS) is 24.2. The Bertz CT molecular complexity index is 721. The number of halogens is 1. The number of likely N-dealkylation sites (tertiary alicyclic amines) is 1. The molecule has 2 aromatic rings. The topological polar surface area (TPSA) is 56.3 Å². The Labute approximate surface area is 133 Å². The first kappa shape index (κ1) is 14.5. The monoisotopic (exact) mass is 314 g/mol. The van der Waals surface area contributed by atoms with E-state index in [2.05, 4.69) is 4.98 Å². The predicted molar refractivity (Wildman–Crippen MR) is 83.6 cm³/mol. The van der Waals surface area contributed by atoms with E-state index in [0.29, 0.717) is 24.4 Å². The van der Waals surface area contributed by atoms with E-state index < -0.39 is 6.10 Å². The van der Waals surface area contributed by atoms with Gasteiger partial charge in [-0.25, -0.2) is 4.39 Å². The van der Waals surface area contributed by atoms with E-state index >= 15 is 0 Å². The Morgan fingerprint density at radius 1 is 1.22 bits per heavy atom. The highest BCUT2D eigenvalue weighted by Gasteiger charge is 2.38. The van der Waals surface area contributed by atoms with Gasteiger partial charge in [0.25, 0.3) is 5.91 Å². The maximum atomic E-state index is 13.1. The van der Waals surface area contributed by atoms with Crippen LogP contribution in [0.4, 0.5) is 4.39 Å². The van der Waals surface area contributed by atoms with Gasteiger partial charge < -0.3 is 15.0 Å². The number of amides is 1. The number of hydrogen-bond acceptors (Lipinski definition) is 2. The first-order valence-electron chi connectivity index (χ1n) is 8.05. The van der Waals surface area contributed by atoms with Crippen LogP contribution in [-0.2, 0) is 0 Å². The summed E-state index contributed by atoms with van der Waals surface area (Å²) in [6, 6.07) is 7.79. The molecule has 1 amide bonds. The number of β-amino-alcohol motifs (C(OH)–C–C–N with tert-alkyl or cyclic N) is 1. The molecule has 0 spiro atoms. The fraction of sp³-hybridized carbons (Fsp3) is 0.389. The van der Waals surface area contributed by atoms with Gasteiger partial charge in [0.2, 0.25) is 0 Å². The molecule has 1 aliphatic heterocycles. The Kier molecular flexibility index (Phi) is 3.45. The van der Waals surface area contributed by atoms with Gasteiger partial charge in [0.1, 0.15) is 5.82 Å². The molecule has 2 unspecified atom stereocenters. The van der Waals surface area contributed by atoms with Gasteiger partial charge in [-0.1, -0.05) is 12.1 Å². The molecular formula is C18H19FN2O2. The van der Waals surface area contributed by atoms with Gasteiger partial charge in [-0.2, -0.15) is 0 Å². The molecule has 2 aliphatic rings. The lowest BCUT2D eigenvalue weighted by Crippen LogP contribution is -2.32. The van der Waals surface area contributed by atoms with Crippen LogP contribution in [0.5, 0.6) is 0 Å². The summed E-state index contributed by atoms with van der Waals surface area (Å²) in [6.45, 7) is 0.316. The van der Waals surface area contributed by atoms with Crippen molar-refractivity contribution in [1.82, 2.24) is 9.88 Å². The van der Waals surface area contributed by atoms with Crippen molar-refractivity contribution in [2.75, 3.05) is 6.54 Å². The first-order chi connectivity index (χ1) is 11.1. The molecule has 2 N–H and O–H groups in total. The highest BCUT2D eigenvalue weighted by Crippen LogP contribution is 2.42. The van der Waals surface area contributed by atoms with Crippen LogP contribution in [0.3, 0.4) is 0 Å². The smallest absolute Gasteiger partial charge is 0.256 e. The number of nitrogens with zero attached hydrogens (tertiary/aromatic N) is 1. The van der Waals surface area contributed by atoms with Gasteiger partial charge in [0, 0.05) is 18.4 Å². The molecule has 1 saturated heterocycles. The zero-order valence-electron chi connectivity index (χ0n) is 12.7. The van der Waals surface area contributed by atoms with Crippen molar-refractivity contribution in [1.29, 1.82) is 0 Å². The fourth-order valence-electron chi connectivity index (χ4n) is 3.47. The first-order valence-corrected chi connectivity index (χ1v) is 8.05. The van der Waals surface area contributed by atoms with E-state index in [9.17, 15) is 14.3 Å². The molecule has 2 fully saturated rings. The Morgan fingerprint density at radius 3 is 2.65 bits per heavy atom. The highest BCUT2D eigenvalue weighted by atomic mass is 19.1. The second-order valence-electron chi connectivity index (χ2n) is 6.49. The number of H-pyrrole nitrogens is 1. The lowest BCUT2D eigenvalue weighted by Gasteiger charge is -2.25. The number of benzene rings is 1. The van der Waals surface area contributed by atoms with Gasteiger partial charge in [-0.3, -0.25) is 4.79 Å². The predicted octanol–water partition coefficient (Wildman–Crippen LogP) is 2.98. The van der Waals surface area contributed by atoms with Crippen LogP contribution in [0.25, 0.3) is 0 Å². The van der Waals surface area contributed by atoms with E-state index in [1.54, 1.807) is 23.2 Å². The Hall–Kier alpha value is -2.14. The molecule has 120 valence electrons. The Balaban J connectivity index is 1.64. The minimum Gasteiger partial charge on any atom is -0.391 e. The number of rotatable bonds is 3. The average Bonchev–Trinajstić information content (AvgIpc) is 3.14. The average molecular weight is 314 g/mol. The van der Waals surface area contributed by atoms with Crippen LogP contribution in [0.2, 0.25) is 0 Å². The molecule has 4 nitrogen and oxygen atoms in total. The summed E-state index contributed by atoms with van der Waals surface area (Å²) >= 11 is 0. The lowest BCUT2D eigenvalue weighted by atomic mass is 10.0. The molecule has 0 bridgehead atoms. The quantitative estimate of drug-likeness (QED) is 0.915. The maximum Gasteiger partial charge on any atom is 0.256 e. The molecular weight excluding hydrogens is 295 g/mol. The molecule has 0 radical (unpaired) electrons. The Morgan fingerprint density at radius 2 is 1.96 bits per heavy atom. The third kappa shape index (κ3) is 2.65. The number of carbonyl (C=O) groups is 1. The van der Waals surface area contributed by atoms with E-state index in [1.165, 1.54) is 12.1 Å². The molecule has 2 heterocycles. The van der Waals surface area contributed by atoms with Gasteiger partial charge in [-0.05, 0) is 48.9 Å². The van der Waals surface area contributed by atoms with Crippen molar-refractivity contribution in [2.24, 2.45) is 0 Å². The van der Waals surface area contributed by atoms with E-state index in [1.807, 2.05) is 6.07 Å². The largest absolute Gasteiger partial charge is 0.391 e. The summed E-state index contributed by atoms with van der Waals surface area (Å²) in [5.74, 6) is 0.103. The molecule has 1 aliphatic carbocycles. The summed E-state index contributed by atoms with van der Waals surface area (Å²) in [5, 5.41) is 10.0. The van der Waals surface area contributed by atoms with Crippen molar-refractivity contribution < 1.29 is 14.3 Å².